The summed E-state index contributed by atoms with van der Waals surface area (Å²) >= 11 is 0. The van der Waals surface area contributed by atoms with Gasteiger partial charge in [0, 0.05) is 28.6 Å². The van der Waals surface area contributed by atoms with Crippen molar-refractivity contribution in [3.8, 4) is 0 Å². The number of hydrogen-bond donors (Lipinski definition) is 2. The highest BCUT2D eigenvalue weighted by Crippen LogP contribution is 2.34. The Morgan fingerprint density at radius 1 is 0.935 bits per heavy atom. The standard InChI is InChI=1S/C25H25NO5/c1-13-16(4)30-23-15(3)24-20(11-19(13)23)14(2)21(25(29)31-24)12-22(28)26-18-7-5-17(6-8-18)9-10-27/h5-8,11,27H,9-10,12H2,1-4H3,(H,26,28). The molecule has 0 radical (unpaired) electrons. The van der Waals surface area contributed by atoms with Crippen molar-refractivity contribution < 1.29 is 18.7 Å². The molecule has 0 bridgehead atoms. The van der Waals surface area contributed by atoms with Gasteiger partial charge in [0.05, 0.1) is 12.0 Å². The van der Waals surface area contributed by atoms with E-state index in [1.807, 2.05) is 45.9 Å². The first-order chi connectivity index (χ1) is 14.8. The molecular weight excluding hydrogens is 394 g/mol. The summed E-state index contributed by atoms with van der Waals surface area (Å²) in [7, 11) is 0. The van der Waals surface area contributed by atoms with Crippen molar-refractivity contribution in [1.29, 1.82) is 0 Å². The molecule has 2 N–H and O–H groups in total. The van der Waals surface area contributed by atoms with Crippen LogP contribution in [0, 0.1) is 27.7 Å². The summed E-state index contributed by atoms with van der Waals surface area (Å²) in [6.45, 7) is 7.71. The van der Waals surface area contributed by atoms with Gasteiger partial charge in [-0.25, -0.2) is 4.79 Å². The van der Waals surface area contributed by atoms with Crippen molar-refractivity contribution in [2.45, 2.75) is 40.5 Å². The molecule has 0 saturated carbocycles. The number of aliphatic hydroxyl groups excluding tert-OH is 1. The van der Waals surface area contributed by atoms with Gasteiger partial charge in [-0.3, -0.25) is 4.79 Å². The largest absolute Gasteiger partial charge is 0.461 e. The zero-order chi connectivity index (χ0) is 22.3. The van der Waals surface area contributed by atoms with Crippen molar-refractivity contribution in [3.05, 3.63) is 74.3 Å². The minimum absolute atomic E-state index is 0.0758. The van der Waals surface area contributed by atoms with Gasteiger partial charge in [0.1, 0.15) is 16.9 Å². The van der Waals surface area contributed by atoms with Crippen LogP contribution >= 0.6 is 0 Å². The number of fused-ring (bicyclic) bond motifs is 2. The van der Waals surface area contributed by atoms with Gasteiger partial charge in [0.15, 0.2) is 0 Å². The second-order valence-corrected chi connectivity index (χ2v) is 7.93. The molecule has 0 spiro atoms. The van der Waals surface area contributed by atoms with Crippen LogP contribution in [-0.2, 0) is 17.6 Å². The molecule has 4 aromatic rings. The highest BCUT2D eigenvalue weighted by molar-refractivity contribution is 6.01. The number of anilines is 1. The average Bonchev–Trinajstić information content (AvgIpc) is 3.02. The predicted octanol–water partition coefficient (Wildman–Crippen LogP) is 4.49. The lowest BCUT2D eigenvalue weighted by Gasteiger charge is -2.11. The van der Waals surface area contributed by atoms with E-state index in [1.165, 1.54) is 0 Å². The lowest BCUT2D eigenvalue weighted by atomic mass is 9.98. The van der Waals surface area contributed by atoms with Crippen LogP contribution in [0.4, 0.5) is 5.69 Å². The van der Waals surface area contributed by atoms with Gasteiger partial charge in [-0.05, 0) is 69.0 Å². The normalized spacial score (nSPS) is 11.4. The van der Waals surface area contributed by atoms with Crippen molar-refractivity contribution in [2.24, 2.45) is 0 Å². The van der Waals surface area contributed by atoms with Crippen molar-refractivity contribution >= 4 is 33.5 Å². The van der Waals surface area contributed by atoms with Gasteiger partial charge in [0.2, 0.25) is 5.91 Å². The number of aliphatic hydroxyl groups is 1. The predicted molar refractivity (Wildman–Crippen MR) is 121 cm³/mol. The van der Waals surface area contributed by atoms with E-state index in [4.69, 9.17) is 13.9 Å². The quantitative estimate of drug-likeness (QED) is 0.465. The molecule has 6 nitrogen and oxygen atoms in total. The van der Waals surface area contributed by atoms with Crippen LogP contribution < -0.4 is 10.9 Å². The Balaban J connectivity index is 1.68. The molecule has 1 amide bonds. The fraction of sp³-hybridized carbons (Fsp3) is 0.280. The minimum atomic E-state index is -0.513. The number of hydrogen-bond acceptors (Lipinski definition) is 5. The monoisotopic (exact) mass is 419 g/mol. The number of carbonyl (C=O) groups is 1. The smallest absolute Gasteiger partial charge is 0.340 e. The maximum absolute atomic E-state index is 12.7. The Morgan fingerprint density at radius 2 is 1.58 bits per heavy atom. The zero-order valence-corrected chi connectivity index (χ0v) is 18.1. The number of aryl methyl sites for hydroxylation is 4. The van der Waals surface area contributed by atoms with Crippen molar-refractivity contribution in [3.63, 3.8) is 0 Å². The molecule has 2 aromatic heterocycles. The third kappa shape index (κ3) is 3.75. The first kappa shape index (κ1) is 20.9. The Morgan fingerprint density at radius 3 is 2.26 bits per heavy atom. The molecule has 160 valence electrons. The highest BCUT2D eigenvalue weighted by atomic mass is 16.4. The van der Waals surface area contributed by atoms with E-state index in [1.54, 1.807) is 12.1 Å². The van der Waals surface area contributed by atoms with E-state index in [0.29, 0.717) is 23.3 Å². The molecular formula is C25H25NO5. The maximum Gasteiger partial charge on any atom is 0.340 e. The van der Waals surface area contributed by atoms with E-state index in [2.05, 4.69) is 5.32 Å². The van der Waals surface area contributed by atoms with Crippen LogP contribution in [0.25, 0.3) is 21.9 Å². The Bertz CT molecular complexity index is 1360. The topological polar surface area (TPSA) is 92.7 Å². The van der Waals surface area contributed by atoms with Crippen LogP contribution in [0.5, 0.6) is 0 Å². The molecule has 0 aliphatic rings. The molecule has 31 heavy (non-hydrogen) atoms. The fourth-order valence-electron chi connectivity index (χ4n) is 3.95. The molecule has 0 unspecified atom stereocenters. The fourth-order valence-corrected chi connectivity index (χ4v) is 3.95. The summed E-state index contributed by atoms with van der Waals surface area (Å²) in [5, 5.41) is 13.6. The number of rotatable bonds is 5. The molecule has 0 aliphatic carbocycles. The summed E-state index contributed by atoms with van der Waals surface area (Å²) in [4.78, 5) is 25.3. The first-order valence-electron chi connectivity index (χ1n) is 10.3. The van der Waals surface area contributed by atoms with E-state index < -0.39 is 5.63 Å². The minimum Gasteiger partial charge on any atom is -0.461 e. The number of carbonyl (C=O) groups excluding carboxylic acids is 1. The summed E-state index contributed by atoms with van der Waals surface area (Å²) in [6.07, 6.45) is 0.483. The zero-order valence-electron chi connectivity index (χ0n) is 18.1. The number of furan rings is 1. The molecule has 0 atom stereocenters. The van der Waals surface area contributed by atoms with Gasteiger partial charge in [0.25, 0.3) is 0 Å². The van der Waals surface area contributed by atoms with Gasteiger partial charge < -0.3 is 19.3 Å². The van der Waals surface area contributed by atoms with E-state index in [0.717, 1.165) is 44.4 Å². The molecule has 0 fully saturated rings. The summed E-state index contributed by atoms with van der Waals surface area (Å²) in [5.74, 6) is 0.538. The van der Waals surface area contributed by atoms with Crippen molar-refractivity contribution in [2.75, 3.05) is 11.9 Å². The molecule has 6 heteroatoms. The Labute approximate surface area is 179 Å². The van der Waals surface area contributed by atoms with E-state index in [9.17, 15) is 9.59 Å². The SMILES string of the molecule is Cc1oc2c(C)c3oc(=O)c(CC(=O)Nc4ccc(CCO)cc4)c(C)c3cc2c1C. The second kappa shape index (κ2) is 8.04. The average molecular weight is 419 g/mol. The molecule has 2 heterocycles. The molecule has 0 saturated heterocycles. The highest BCUT2D eigenvalue weighted by Gasteiger charge is 2.20. The molecule has 4 rings (SSSR count). The van der Waals surface area contributed by atoms with E-state index >= 15 is 0 Å². The third-order valence-electron chi connectivity index (χ3n) is 5.92. The summed E-state index contributed by atoms with van der Waals surface area (Å²) < 4.78 is 11.5. The molecule has 2 aromatic carbocycles. The lowest BCUT2D eigenvalue weighted by Crippen LogP contribution is -2.20. The van der Waals surface area contributed by atoms with Crippen LogP contribution in [0.1, 0.15) is 33.6 Å². The third-order valence-corrected chi connectivity index (χ3v) is 5.92. The summed E-state index contributed by atoms with van der Waals surface area (Å²) in [6, 6.07) is 9.24. The van der Waals surface area contributed by atoms with Crippen LogP contribution in [-0.4, -0.2) is 17.6 Å². The number of amides is 1. The van der Waals surface area contributed by atoms with E-state index in [-0.39, 0.29) is 18.9 Å². The summed E-state index contributed by atoms with van der Waals surface area (Å²) in [5.41, 5.74) is 5.24. The first-order valence-corrected chi connectivity index (χ1v) is 10.3. The van der Waals surface area contributed by atoms with Gasteiger partial charge >= 0.3 is 5.63 Å². The van der Waals surface area contributed by atoms with Gasteiger partial charge in [-0.15, -0.1) is 0 Å². The van der Waals surface area contributed by atoms with Crippen LogP contribution in [0.15, 0.2) is 44.0 Å². The Kier molecular flexibility index (Phi) is 5.41. The molecule has 0 aliphatic heterocycles. The Hall–Kier alpha value is -3.38. The van der Waals surface area contributed by atoms with Crippen LogP contribution in [0.2, 0.25) is 0 Å². The number of nitrogens with one attached hydrogen (secondary N) is 1. The van der Waals surface area contributed by atoms with Gasteiger partial charge in [-0.1, -0.05) is 12.1 Å². The number of benzene rings is 2. The second-order valence-electron chi connectivity index (χ2n) is 7.93. The lowest BCUT2D eigenvalue weighted by molar-refractivity contribution is -0.115. The van der Waals surface area contributed by atoms with Crippen molar-refractivity contribution in [1.82, 2.24) is 0 Å². The van der Waals surface area contributed by atoms with Crippen LogP contribution in [0.3, 0.4) is 0 Å². The maximum atomic E-state index is 12.7. The van der Waals surface area contributed by atoms with Gasteiger partial charge in [-0.2, -0.15) is 0 Å².